The van der Waals surface area contributed by atoms with Crippen molar-refractivity contribution in [2.24, 2.45) is 5.73 Å². The zero-order chi connectivity index (χ0) is 12.3. The number of anilines is 1. The second-order valence-corrected chi connectivity index (χ2v) is 4.01. The van der Waals surface area contributed by atoms with Crippen LogP contribution < -0.4 is 15.8 Å². The van der Waals surface area contributed by atoms with E-state index in [4.69, 9.17) is 15.2 Å². The zero-order valence-electron chi connectivity index (χ0n) is 10.1. The summed E-state index contributed by atoms with van der Waals surface area (Å²) in [5, 5.41) is 3.19. The minimum Gasteiger partial charge on any atom is -0.494 e. The summed E-state index contributed by atoms with van der Waals surface area (Å²) in [6.45, 7) is 2.67. The highest BCUT2D eigenvalue weighted by atomic mass is 16.5. The largest absolute Gasteiger partial charge is 0.494 e. The highest BCUT2D eigenvalue weighted by Crippen LogP contribution is 2.25. The van der Waals surface area contributed by atoms with Gasteiger partial charge in [0.25, 0.3) is 0 Å². The van der Waals surface area contributed by atoms with Crippen LogP contribution in [0.25, 0.3) is 0 Å². The molecule has 1 aliphatic carbocycles. The topological polar surface area (TPSA) is 82.3 Å². The van der Waals surface area contributed by atoms with Crippen LogP contribution in [0, 0.1) is 0 Å². The number of rotatable bonds is 5. The van der Waals surface area contributed by atoms with E-state index in [1.165, 1.54) is 0 Å². The van der Waals surface area contributed by atoms with Gasteiger partial charge in [-0.05, 0) is 13.3 Å². The number of ether oxygens (including phenoxy) is 2. The van der Waals surface area contributed by atoms with Crippen molar-refractivity contribution in [3.63, 3.8) is 0 Å². The number of hydrogen-bond acceptors (Lipinski definition) is 6. The number of nitrogens with zero attached hydrogens (tertiary/aromatic N) is 2. The van der Waals surface area contributed by atoms with Crippen LogP contribution in [0.15, 0.2) is 12.4 Å². The average Bonchev–Trinajstić information content (AvgIpc) is 2.36. The second kappa shape index (κ2) is 5.29. The first kappa shape index (κ1) is 12.1. The van der Waals surface area contributed by atoms with E-state index < -0.39 is 0 Å². The lowest BCUT2D eigenvalue weighted by Gasteiger charge is -2.42. The first-order chi connectivity index (χ1) is 8.24. The molecule has 6 nitrogen and oxygen atoms in total. The summed E-state index contributed by atoms with van der Waals surface area (Å²) >= 11 is 0. The molecule has 3 atom stereocenters. The van der Waals surface area contributed by atoms with Gasteiger partial charge in [0, 0.05) is 12.6 Å². The molecule has 0 bridgehead atoms. The van der Waals surface area contributed by atoms with Crippen molar-refractivity contribution in [2.75, 3.05) is 19.0 Å². The lowest BCUT2D eigenvalue weighted by molar-refractivity contribution is -0.0128. The lowest BCUT2D eigenvalue weighted by Crippen LogP contribution is -2.60. The fraction of sp³-hybridized carbons (Fsp3) is 0.636. The van der Waals surface area contributed by atoms with Crippen molar-refractivity contribution in [1.82, 2.24) is 9.97 Å². The molecule has 0 saturated heterocycles. The second-order valence-electron chi connectivity index (χ2n) is 4.01. The predicted octanol–water partition coefficient (Wildman–Crippen LogP) is 0.402. The zero-order valence-corrected chi connectivity index (χ0v) is 10.1. The third-order valence-electron chi connectivity index (χ3n) is 2.91. The van der Waals surface area contributed by atoms with Gasteiger partial charge in [-0.15, -0.1) is 0 Å². The van der Waals surface area contributed by atoms with Gasteiger partial charge in [-0.1, -0.05) is 0 Å². The molecule has 0 aliphatic heterocycles. The van der Waals surface area contributed by atoms with Gasteiger partial charge in [0.1, 0.15) is 0 Å². The maximum Gasteiger partial charge on any atom is 0.223 e. The quantitative estimate of drug-likeness (QED) is 0.772. The Labute approximate surface area is 101 Å². The molecule has 3 unspecified atom stereocenters. The van der Waals surface area contributed by atoms with E-state index in [-0.39, 0.29) is 18.2 Å². The van der Waals surface area contributed by atoms with Crippen LogP contribution in [0.1, 0.15) is 13.3 Å². The monoisotopic (exact) mass is 238 g/mol. The molecule has 1 fully saturated rings. The molecular weight excluding hydrogens is 220 g/mol. The molecular formula is C11H18N4O2. The summed E-state index contributed by atoms with van der Waals surface area (Å²) in [5.41, 5.74) is 5.92. The number of aromatic nitrogens is 2. The van der Waals surface area contributed by atoms with E-state index in [1.807, 2.05) is 6.92 Å². The molecule has 1 aliphatic rings. The van der Waals surface area contributed by atoms with Crippen LogP contribution in [0.3, 0.4) is 0 Å². The van der Waals surface area contributed by atoms with E-state index >= 15 is 0 Å². The summed E-state index contributed by atoms with van der Waals surface area (Å²) in [4.78, 5) is 8.28. The van der Waals surface area contributed by atoms with Crippen molar-refractivity contribution >= 4 is 5.95 Å². The summed E-state index contributed by atoms with van der Waals surface area (Å²) in [5.74, 6) is 1.19. The van der Waals surface area contributed by atoms with Gasteiger partial charge in [-0.2, -0.15) is 0 Å². The average molecular weight is 238 g/mol. The van der Waals surface area contributed by atoms with E-state index in [9.17, 15) is 0 Å². The minimum absolute atomic E-state index is 0.0864. The van der Waals surface area contributed by atoms with Gasteiger partial charge in [-0.3, -0.25) is 0 Å². The Kier molecular flexibility index (Phi) is 3.75. The molecule has 1 aromatic heterocycles. The Morgan fingerprint density at radius 3 is 2.71 bits per heavy atom. The summed E-state index contributed by atoms with van der Waals surface area (Å²) in [6, 6.07) is 0.181. The van der Waals surface area contributed by atoms with E-state index in [1.54, 1.807) is 19.5 Å². The molecule has 3 N–H and O–H groups in total. The van der Waals surface area contributed by atoms with Crippen molar-refractivity contribution in [3.05, 3.63) is 12.4 Å². The smallest absolute Gasteiger partial charge is 0.223 e. The summed E-state index contributed by atoms with van der Waals surface area (Å²) in [7, 11) is 1.58. The van der Waals surface area contributed by atoms with Crippen LogP contribution >= 0.6 is 0 Å². The van der Waals surface area contributed by atoms with Crippen molar-refractivity contribution in [2.45, 2.75) is 31.5 Å². The molecule has 6 heteroatoms. The van der Waals surface area contributed by atoms with E-state index in [0.29, 0.717) is 18.3 Å². The standard InChI is InChI=1S/C11H18N4O2/c1-3-17-9-4-8(12)10(9)15-11-13-5-7(16-2)6-14-11/h5-6,8-10H,3-4,12H2,1-2H3,(H,13,14,15). The van der Waals surface area contributed by atoms with Crippen molar-refractivity contribution in [3.8, 4) is 5.75 Å². The van der Waals surface area contributed by atoms with E-state index in [2.05, 4.69) is 15.3 Å². The van der Waals surface area contributed by atoms with E-state index in [0.717, 1.165) is 6.42 Å². The SMILES string of the molecule is CCOC1CC(N)C1Nc1ncc(OC)cn1. The molecule has 0 aromatic carbocycles. The third-order valence-corrected chi connectivity index (χ3v) is 2.91. The van der Waals surface area contributed by atoms with Crippen LogP contribution in [0.4, 0.5) is 5.95 Å². The predicted molar refractivity (Wildman–Crippen MR) is 64.0 cm³/mol. The first-order valence-electron chi connectivity index (χ1n) is 5.74. The Balaban J connectivity index is 1.94. The van der Waals surface area contributed by atoms with Gasteiger partial charge in [0.2, 0.25) is 5.95 Å². The van der Waals surface area contributed by atoms with Gasteiger partial charge in [0.15, 0.2) is 5.75 Å². The fourth-order valence-electron chi connectivity index (χ4n) is 1.87. The molecule has 1 heterocycles. The molecule has 94 valence electrons. The van der Waals surface area contributed by atoms with Crippen LogP contribution in [0.5, 0.6) is 5.75 Å². The minimum atomic E-state index is 0.0864. The Morgan fingerprint density at radius 1 is 1.47 bits per heavy atom. The normalized spacial score (nSPS) is 27.4. The number of hydrogen-bond donors (Lipinski definition) is 2. The summed E-state index contributed by atoms with van der Waals surface area (Å²) in [6.07, 6.45) is 4.27. The highest BCUT2D eigenvalue weighted by Gasteiger charge is 2.39. The molecule has 17 heavy (non-hydrogen) atoms. The van der Waals surface area contributed by atoms with Gasteiger partial charge in [0.05, 0.1) is 31.6 Å². The van der Waals surface area contributed by atoms with Gasteiger partial charge >= 0.3 is 0 Å². The number of nitrogens with two attached hydrogens (primary N) is 1. The van der Waals surface area contributed by atoms with Gasteiger partial charge in [-0.25, -0.2) is 9.97 Å². The Morgan fingerprint density at radius 2 is 2.18 bits per heavy atom. The Hall–Kier alpha value is -1.40. The summed E-state index contributed by atoms with van der Waals surface area (Å²) < 4.78 is 10.5. The first-order valence-corrected chi connectivity index (χ1v) is 5.74. The van der Waals surface area contributed by atoms with Crippen LogP contribution in [0.2, 0.25) is 0 Å². The van der Waals surface area contributed by atoms with Crippen LogP contribution in [-0.2, 0) is 4.74 Å². The fourth-order valence-corrected chi connectivity index (χ4v) is 1.87. The number of nitrogens with one attached hydrogen (secondary N) is 1. The van der Waals surface area contributed by atoms with Crippen LogP contribution in [-0.4, -0.2) is 41.9 Å². The molecule has 0 amide bonds. The van der Waals surface area contributed by atoms with Gasteiger partial charge < -0.3 is 20.5 Å². The molecule has 2 rings (SSSR count). The molecule has 0 radical (unpaired) electrons. The highest BCUT2D eigenvalue weighted by molar-refractivity contribution is 5.31. The lowest BCUT2D eigenvalue weighted by atomic mass is 9.83. The maximum absolute atomic E-state index is 5.92. The van der Waals surface area contributed by atoms with Crippen molar-refractivity contribution in [1.29, 1.82) is 0 Å². The van der Waals surface area contributed by atoms with Crippen molar-refractivity contribution < 1.29 is 9.47 Å². The molecule has 1 saturated carbocycles. The Bertz CT molecular complexity index is 355. The number of methoxy groups -OCH3 is 1. The third kappa shape index (κ3) is 2.65. The maximum atomic E-state index is 5.92. The molecule has 0 spiro atoms. The molecule has 1 aromatic rings.